The maximum absolute atomic E-state index is 12.8. The summed E-state index contributed by atoms with van der Waals surface area (Å²) in [5.41, 5.74) is 0.772. The van der Waals surface area contributed by atoms with Gasteiger partial charge in [0.15, 0.2) is 6.10 Å². The van der Waals surface area contributed by atoms with E-state index >= 15 is 0 Å². The highest BCUT2D eigenvalue weighted by Gasteiger charge is 2.22. The van der Waals surface area contributed by atoms with Gasteiger partial charge in [-0.05, 0) is 35.6 Å². The van der Waals surface area contributed by atoms with Crippen LogP contribution in [-0.4, -0.2) is 18.0 Å². The Morgan fingerprint density at radius 3 is 2.59 bits per heavy atom. The predicted molar refractivity (Wildman–Crippen MR) is 82.1 cm³/mol. The molecule has 1 amide bonds. The highest BCUT2D eigenvalue weighted by Crippen LogP contribution is 2.12. The molecule has 0 saturated heterocycles. The van der Waals surface area contributed by atoms with Gasteiger partial charge in [0.2, 0.25) is 0 Å². The molecule has 0 aliphatic carbocycles. The number of carbonyl (C=O) groups excluding carboxylic acids is 2. The van der Waals surface area contributed by atoms with E-state index in [0.717, 1.165) is 5.56 Å². The lowest BCUT2D eigenvalue weighted by molar-refractivity contribution is -0.130. The molecule has 4 nitrogen and oxygen atoms in total. The summed E-state index contributed by atoms with van der Waals surface area (Å²) < 4.78 is 18.0. The molecular formula is C16H16FNO3S. The second-order valence-electron chi connectivity index (χ2n) is 4.62. The molecule has 0 saturated carbocycles. The summed E-state index contributed by atoms with van der Waals surface area (Å²) in [5.74, 6) is -1.19. The lowest BCUT2D eigenvalue weighted by Gasteiger charge is -2.15. The Morgan fingerprint density at radius 2 is 2.00 bits per heavy atom. The molecule has 0 aliphatic heterocycles. The standard InChI is InChI=1S/C16H16FNO3S/c1-2-13(21-16(20)14-4-3-9-22-14)15(19)18-10-11-5-7-12(17)8-6-11/h3-9,13H,2,10H2,1H3,(H,18,19)/t13-/m0/s1. The quantitative estimate of drug-likeness (QED) is 0.832. The molecule has 0 spiro atoms. The van der Waals surface area contributed by atoms with Crippen molar-refractivity contribution in [2.75, 3.05) is 0 Å². The van der Waals surface area contributed by atoms with E-state index in [1.807, 2.05) is 0 Å². The van der Waals surface area contributed by atoms with Crippen LogP contribution >= 0.6 is 11.3 Å². The summed E-state index contributed by atoms with van der Waals surface area (Å²) in [6, 6.07) is 9.24. The minimum atomic E-state index is -0.838. The highest BCUT2D eigenvalue weighted by molar-refractivity contribution is 7.11. The number of carbonyl (C=O) groups is 2. The number of nitrogens with one attached hydrogen (secondary N) is 1. The van der Waals surface area contributed by atoms with Gasteiger partial charge < -0.3 is 10.1 Å². The van der Waals surface area contributed by atoms with E-state index < -0.39 is 12.1 Å². The van der Waals surface area contributed by atoms with Gasteiger partial charge in [0, 0.05) is 6.54 Å². The molecule has 22 heavy (non-hydrogen) atoms. The fourth-order valence-corrected chi connectivity index (χ4v) is 2.41. The third-order valence-electron chi connectivity index (χ3n) is 3.01. The molecule has 116 valence electrons. The summed E-state index contributed by atoms with van der Waals surface area (Å²) in [5, 5.41) is 4.45. The summed E-state index contributed by atoms with van der Waals surface area (Å²) in [6.45, 7) is 2.02. The van der Waals surface area contributed by atoms with Crippen molar-refractivity contribution in [1.29, 1.82) is 0 Å². The SMILES string of the molecule is CC[C@H](OC(=O)c1cccs1)C(=O)NCc1ccc(F)cc1. The molecular weight excluding hydrogens is 305 g/mol. The molecule has 0 bridgehead atoms. The second-order valence-corrected chi connectivity index (χ2v) is 5.57. The number of amides is 1. The van der Waals surface area contributed by atoms with Crippen molar-refractivity contribution >= 4 is 23.2 Å². The zero-order valence-electron chi connectivity index (χ0n) is 12.0. The maximum Gasteiger partial charge on any atom is 0.349 e. The van der Waals surface area contributed by atoms with E-state index in [1.165, 1.54) is 23.5 Å². The molecule has 6 heteroatoms. The van der Waals surface area contributed by atoms with Gasteiger partial charge in [0.25, 0.3) is 5.91 Å². The molecule has 0 aliphatic rings. The Morgan fingerprint density at radius 1 is 1.27 bits per heavy atom. The van der Waals surface area contributed by atoms with Crippen LogP contribution in [0.1, 0.15) is 28.6 Å². The van der Waals surface area contributed by atoms with Crippen LogP contribution in [0.3, 0.4) is 0 Å². The number of thiophene rings is 1. The van der Waals surface area contributed by atoms with Gasteiger partial charge in [-0.25, -0.2) is 9.18 Å². The van der Waals surface area contributed by atoms with Gasteiger partial charge in [0.05, 0.1) is 0 Å². The third kappa shape index (κ3) is 4.39. The Balaban J connectivity index is 1.88. The fourth-order valence-electron chi connectivity index (χ4n) is 1.81. The van der Waals surface area contributed by atoms with Crippen molar-refractivity contribution in [3.05, 3.63) is 58.0 Å². The van der Waals surface area contributed by atoms with Gasteiger partial charge in [0.1, 0.15) is 10.7 Å². The Bertz CT molecular complexity index is 625. The van der Waals surface area contributed by atoms with E-state index in [9.17, 15) is 14.0 Å². The Kier molecular flexibility index (Phi) is 5.66. The predicted octanol–water partition coefficient (Wildman–Crippen LogP) is 3.14. The molecule has 0 unspecified atom stereocenters. The number of esters is 1. The van der Waals surface area contributed by atoms with Crippen molar-refractivity contribution in [1.82, 2.24) is 5.32 Å². The number of benzene rings is 1. The van der Waals surface area contributed by atoms with Crippen molar-refractivity contribution in [2.45, 2.75) is 26.0 Å². The van der Waals surface area contributed by atoms with E-state index in [2.05, 4.69) is 5.32 Å². The Hall–Kier alpha value is -2.21. The largest absolute Gasteiger partial charge is 0.448 e. The van der Waals surface area contributed by atoms with Crippen LogP contribution in [0.5, 0.6) is 0 Å². The van der Waals surface area contributed by atoms with Crippen LogP contribution in [0.25, 0.3) is 0 Å². The monoisotopic (exact) mass is 321 g/mol. The molecule has 0 fully saturated rings. The minimum absolute atomic E-state index is 0.256. The smallest absolute Gasteiger partial charge is 0.349 e. The maximum atomic E-state index is 12.8. The summed E-state index contributed by atoms with van der Waals surface area (Å²) in [4.78, 5) is 24.4. The zero-order chi connectivity index (χ0) is 15.9. The number of ether oxygens (including phenoxy) is 1. The van der Waals surface area contributed by atoms with Gasteiger partial charge in [-0.15, -0.1) is 11.3 Å². The summed E-state index contributed by atoms with van der Waals surface area (Å²) >= 11 is 1.27. The van der Waals surface area contributed by atoms with Gasteiger partial charge in [-0.3, -0.25) is 4.79 Å². The average Bonchev–Trinajstić information content (AvgIpc) is 3.06. The van der Waals surface area contributed by atoms with Crippen LogP contribution in [0, 0.1) is 5.82 Å². The van der Waals surface area contributed by atoms with E-state index in [0.29, 0.717) is 11.3 Å². The average molecular weight is 321 g/mol. The van der Waals surface area contributed by atoms with Crippen LogP contribution < -0.4 is 5.32 Å². The number of hydrogen-bond acceptors (Lipinski definition) is 4. The van der Waals surface area contributed by atoms with Gasteiger partial charge in [-0.1, -0.05) is 25.1 Å². The molecule has 1 aromatic heterocycles. The van der Waals surface area contributed by atoms with Crippen molar-refractivity contribution in [3.8, 4) is 0 Å². The van der Waals surface area contributed by atoms with Crippen LogP contribution in [-0.2, 0) is 16.1 Å². The highest BCUT2D eigenvalue weighted by atomic mass is 32.1. The first-order valence-electron chi connectivity index (χ1n) is 6.86. The second kappa shape index (κ2) is 7.70. The molecule has 1 N–H and O–H groups in total. The van der Waals surface area contributed by atoms with Crippen molar-refractivity contribution in [2.24, 2.45) is 0 Å². The molecule has 2 aromatic rings. The van der Waals surface area contributed by atoms with Crippen LogP contribution in [0.4, 0.5) is 4.39 Å². The molecule has 1 aromatic carbocycles. The summed E-state index contributed by atoms with van der Waals surface area (Å²) in [6.07, 6.45) is -0.457. The van der Waals surface area contributed by atoms with Crippen molar-refractivity contribution in [3.63, 3.8) is 0 Å². The van der Waals surface area contributed by atoms with Crippen LogP contribution in [0.15, 0.2) is 41.8 Å². The minimum Gasteiger partial charge on any atom is -0.448 e. The number of hydrogen-bond donors (Lipinski definition) is 1. The van der Waals surface area contributed by atoms with Crippen LogP contribution in [0.2, 0.25) is 0 Å². The van der Waals surface area contributed by atoms with E-state index in [-0.39, 0.29) is 18.3 Å². The topological polar surface area (TPSA) is 55.4 Å². The number of halogens is 1. The molecule has 0 radical (unpaired) electrons. The van der Waals surface area contributed by atoms with E-state index in [4.69, 9.17) is 4.74 Å². The third-order valence-corrected chi connectivity index (χ3v) is 3.86. The summed E-state index contributed by atoms with van der Waals surface area (Å²) in [7, 11) is 0. The zero-order valence-corrected chi connectivity index (χ0v) is 12.9. The molecule has 1 heterocycles. The molecule has 1 atom stereocenters. The van der Waals surface area contributed by atoms with Gasteiger partial charge in [-0.2, -0.15) is 0 Å². The normalized spacial score (nSPS) is 11.7. The molecule has 2 rings (SSSR count). The number of rotatable bonds is 6. The fraction of sp³-hybridized carbons (Fsp3) is 0.250. The van der Waals surface area contributed by atoms with Crippen molar-refractivity contribution < 1.29 is 18.7 Å². The lowest BCUT2D eigenvalue weighted by Crippen LogP contribution is -2.37. The first-order valence-corrected chi connectivity index (χ1v) is 7.74. The first-order chi connectivity index (χ1) is 10.6. The lowest BCUT2D eigenvalue weighted by atomic mass is 10.2. The van der Waals surface area contributed by atoms with E-state index in [1.54, 1.807) is 36.6 Å². The van der Waals surface area contributed by atoms with Gasteiger partial charge >= 0.3 is 5.97 Å². The Labute approximate surface area is 131 Å². The first kappa shape index (κ1) is 16.2.